The van der Waals surface area contributed by atoms with Crippen molar-refractivity contribution in [3.05, 3.63) is 29.8 Å². The van der Waals surface area contributed by atoms with Crippen LogP contribution in [0.15, 0.2) is 29.2 Å². The van der Waals surface area contributed by atoms with E-state index >= 15 is 0 Å². The van der Waals surface area contributed by atoms with Crippen molar-refractivity contribution >= 4 is 21.9 Å². The van der Waals surface area contributed by atoms with Gasteiger partial charge in [-0.1, -0.05) is 13.8 Å². The number of carboxylic acids is 1. The summed E-state index contributed by atoms with van der Waals surface area (Å²) in [6.45, 7) is 3.55. The molecule has 4 N–H and O–H groups in total. The van der Waals surface area contributed by atoms with E-state index in [-0.39, 0.29) is 22.9 Å². The third kappa shape index (κ3) is 5.12. The number of aliphatic carboxylic acids is 1. The molecule has 7 nitrogen and oxygen atoms in total. The highest BCUT2D eigenvalue weighted by Crippen LogP contribution is 2.14. The second-order valence-corrected chi connectivity index (χ2v) is 7.17. The lowest BCUT2D eigenvalue weighted by molar-refractivity contribution is -0.142. The fourth-order valence-electron chi connectivity index (χ4n) is 1.93. The van der Waals surface area contributed by atoms with E-state index in [2.05, 4.69) is 4.72 Å². The largest absolute Gasteiger partial charge is 0.481 e. The monoisotopic (exact) mass is 328 g/mol. The van der Waals surface area contributed by atoms with Crippen molar-refractivity contribution in [1.29, 1.82) is 0 Å². The van der Waals surface area contributed by atoms with Gasteiger partial charge in [0.2, 0.25) is 15.9 Å². The van der Waals surface area contributed by atoms with Gasteiger partial charge in [0.15, 0.2) is 0 Å². The van der Waals surface area contributed by atoms with Gasteiger partial charge in [-0.2, -0.15) is 0 Å². The van der Waals surface area contributed by atoms with Gasteiger partial charge in [-0.3, -0.25) is 9.59 Å². The molecule has 1 aromatic rings. The van der Waals surface area contributed by atoms with E-state index in [1.165, 1.54) is 24.3 Å². The maximum Gasteiger partial charge on any atom is 0.307 e. The summed E-state index contributed by atoms with van der Waals surface area (Å²) in [5.74, 6) is -2.35. The van der Waals surface area contributed by atoms with Crippen LogP contribution >= 0.6 is 0 Å². The summed E-state index contributed by atoms with van der Waals surface area (Å²) in [5, 5.41) is 9.10. The zero-order valence-corrected chi connectivity index (χ0v) is 13.3. The number of rotatable bonds is 8. The number of nitrogens with two attached hydrogens (primary N) is 1. The van der Waals surface area contributed by atoms with Gasteiger partial charge in [0.1, 0.15) is 0 Å². The summed E-state index contributed by atoms with van der Waals surface area (Å²) in [5.41, 5.74) is 5.28. The van der Waals surface area contributed by atoms with Gasteiger partial charge in [-0.25, -0.2) is 13.1 Å². The second-order valence-electron chi connectivity index (χ2n) is 5.41. The average molecular weight is 328 g/mol. The number of nitrogens with one attached hydrogen (secondary N) is 1. The SMILES string of the molecule is CC(C)CC(CNS(=O)(=O)c1ccc(C(N)=O)cc1)C(=O)O. The molecule has 1 amide bonds. The van der Waals surface area contributed by atoms with Gasteiger partial charge in [-0.15, -0.1) is 0 Å². The van der Waals surface area contributed by atoms with Gasteiger partial charge in [-0.05, 0) is 36.6 Å². The Balaban J connectivity index is 2.82. The molecule has 0 aliphatic heterocycles. The maximum atomic E-state index is 12.1. The third-order valence-corrected chi connectivity index (χ3v) is 4.51. The normalized spacial score (nSPS) is 13.0. The number of sulfonamides is 1. The highest BCUT2D eigenvalue weighted by atomic mass is 32.2. The van der Waals surface area contributed by atoms with Crippen molar-refractivity contribution in [2.45, 2.75) is 25.2 Å². The lowest BCUT2D eigenvalue weighted by Gasteiger charge is -2.15. The van der Waals surface area contributed by atoms with E-state index in [0.717, 1.165) is 0 Å². The summed E-state index contributed by atoms with van der Waals surface area (Å²) >= 11 is 0. The first-order valence-electron chi connectivity index (χ1n) is 6.76. The van der Waals surface area contributed by atoms with Crippen LogP contribution in [-0.4, -0.2) is 31.9 Å². The molecule has 0 saturated heterocycles. The van der Waals surface area contributed by atoms with Crippen molar-refractivity contribution < 1.29 is 23.1 Å². The molecule has 1 aromatic carbocycles. The van der Waals surface area contributed by atoms with Crippen LogP contribution in [-0.2, 0) is 14.8 Å². The third-order valence-electron chi connectivity index (χ3n) is 3.07. The van der Waals surface area contributed by atoms with Crippen molar-refractivity contribution in [3.63, 3.8) is 0 Å². The topological polar surface area (TPSA) is 127 Å². The summed E-state index contributed by atoms with van der Waals surface area (Å²) in [7, 11) is -3.83. The van der Waals surface area contributed by atoms with Gasteiger partial charge >= 0.3 is 5.97 Å². The standard InChI is InChI=1S/C14H20N2O5S/c1-9(2)7-11(14(18)19)8-16-22(20,21)12-5-3-10(4-6-12)13(15)17/h3-6,9,11,16H,7-8H2,1-2H3,(H2,15,17)(H,18,19). The number of carboxylic acid groups (broad SMARTS) is 1. The van der Waals surface area contributed by atoms with E-state index in [9.17, 15) is 18.0 Å². The molecular formula is C14H20N2O5S. The van der Waals surface area contributed by atoms with Crippen LogP contribution in [0.1, 0.15) is 30.6 Å². The number of carbonyl (C=O) groups excluding carboxylic acids is 1. The smallest absolute Gasteiger partial charge is 0.307 e. The number of carbonyl (C=O) groups is 2. The summed E-state index contributed by atoms with van der Waals surface area (Å²) < 4.78 is 26.5. The van der Waals surface area contributed by atoms with Crippen LogP contribution in [0, 0.1) is 11.8 Å². The minimum atomic E-state index is -3.83. The molecule has 122 valence electrons. The molecule has 1 unspecified atom stereocenters. The summed E-state index contributed by atoms with van der Waals surface area (Å²) in [6, 6.07) is 5.11. The number of amides is 1. The Kier molecular flexibility index (Phi) is 6.07. The quantitative estimate of drug-likeness (QED) is 0.651. The minimum Gasteiger partial charge on any atom is -0.481 e. The summed E-state index contributed by atoms with van der Waals surface area (Å²) in [4.78, 5) is 22.0. The second kappa shape index (κ2) is 7.37. The molecule has 0 bridgehead atoms. The zero-order chi connectivity index (χ0) is 16.9. The van der Waals surface area contributed by atoms with E-state index < -0.39 is 27.8 Å². The Hall–Kier alpha value is -1.93. The van der Waals surface area contributed by atoms with Crippen molar-refractivity contribution in [3.8, 4) is 0 Å². The minimum absolute atomic E-state index is 0.0498. The fourth-order valence-corrected chi connectivity index (χ4v) is 3.01. The molecule has 22 heavy (non-hydrogen) atoms. The number of benzene rings is 1. The molecule has 0 spiro atoms. The van der Waals surface area contributed by atoms with Crippen LogP contribution in [0.4, 0.5) is 0 Å². The van der Waals surface area contributed by atoms with Gasteiger partial charge in [0.05, 0.1) is 10.8 Å². The Bertz CT molecular complexity index is 638. The zero-order valence-electron chi connectivity index (χ0n) is 12.4. The number of hydrogen-bond donors (Lipinski definition) is 3. The predicted octanol–water partition coefficient (Wildman–Crippen LogP) is 0.811. The molecule has 0 saturated carbocycles. The molecule has 0 aliphatic rings. The van der Waals surface area contributed by atoms with E-state index in [4.69, 9.17) is 10.8 Å². The molecular weight excluding hydrogens is 308 g/mol. The van der Waals surface area contributed by atoms with Crippen LogP contribution in [0.3, 0.4) is 0 Å². The summed E-state index contributed by atoms with van der Waals surface area (Å²) in [6.07, 6.45) is 0.373. The molecule has 0 fully saturated rings. The van der Waals surface area contributed by atoms with Crippen LogP contribution in [0.25, 0.3) is 0 Å². The molecule has 1 rings (SSSR count). The van der Waals surface area contributed by atoms with E-state index in [1.807, 2.05) is 13.8 Å². The molecule has 0 radical (unpaired) electrons. The number of hydrogen-bond acceptors (Lipinski definition) is 4. The van der Waals surface area contributed by atoms with Crippen molar-refractivity contribution in [2.24, 2.45) is 17.6 Å². The van der Waals surface area contributed by atoms with Gasteiger partial charge in [0.25, 0.3) is 0 Å². The van der Waals surface area contributed by atoms with Crippen molar-refractivity contribution in [1.82, 2.24) is 4.72 Å². The lowest BCUT2D eigenvalue weighted by atomic mass is 9.98. The maximum absolute atomic E-state index is 12.1. The lowest BCUT2D eigenvalue weighted by Crippen LogP contribution is -2.33. The molecule has 0 aromatic heterocycles. The van der Waals surface area contributed by atoms with Gasteiger partial charge in [0, 0.05) is 12.1 Å². The predicted molar refractivity (Wildman–Crippen MR) is 80.7 cm³/mol. The van der Waals surface area contributed by atoms with E-state index in [0.29, 0.717) is 6.42 Å². The van der Waals surface area contributed by atoms with Crippen LogP contribution in [0.2, 0.25) is 0 Å². The van der Waals surface area contributed by atoms with Crippen molar-refractivity contribution in [2.75, 3.05) is 6.54 Å². The highest BCUT2D eigenvalue weighted by molar-refractivity contribution is 7.89. The Morgan fingerprint density at radius 3 is 2.18 bits per heavy atom. The fraction of sp³-hybridized carbons (Fsp3) is 0.429. The Morgan fingerprint density at radius 2 is 1.77 bits per heavy atom. The average Bonchev–Trinajstić information content (AvgIpc) is 2.43. The molecule has 0 aliphatic carbocycles. The van der Waals surface area contributed by atoms with Crippen LogP contribution < -0.4 is 10.5 Å². The first kappa shape index (κ1) is 18.1. The first-order chi connectivity index (χ1) is 10.1. The van der Waals surface area contributed by atoms with Gasteiger partial charge < -0.3 is 10.8 Å². The highest BCUT2D eigenvalue weighted by Gasteiger charge is 2.22. The molecule has 0 heterocycles. The molecule has 1 atom stereocenters. The molecule has 8 heteroatoms. The Labute approximate surface area is 129 Å². The van der Waals surface area contributed by atoms with E-state index in [1.54, 1.807) is 0 Å². The first-order valence-corrected chi connectivity index (χ1v) is 8.24. The Morgan fingerprint density at radius 1 is 1.23 bits per heavy atom. The van der Waals surface area contributed by atoms with Crippen LogP contribution in [0.5, 0.6) is 0 Å². The number of primary amides is 1.